The van der Waals surface area contributed by atoms with Crippen molar-refractivity contribution in [2.45, 2.75) is 6.54 Å². The topological polar surface area (TPSA) is 65.8 Å². The molecule has 1 aromatic carbocycles. The summed E-state index contributed by atoms with van der Waals surface area (Å²) in [6.45, 7) is 2.12. The van der Waals surface area contributed by atoms with E-state index < -0.39 is 7.12 Å². The van der Waals surface area contributed by atoms with Crippen LogP contribution in [0.2, 0.25) is 0 Å². The number of ether oxygens (including phenoxy) is 1. The fraction of sp³-hybridized carbons (Fsp3) is 0.267. The van der Waals surface area contributed by atoms with Gasteiger partial charge in [0.25, 0.3) is 0 Å². The number of hydrogen-bond acceptors (Lipinski definition) is 5. The Bertz CT molecular complexity index is 534. The second-order valence-electron chi connectivity index (χ2n) is 4.85. The van der Waals surface area contributed by atoms with Crippen LogP contribution in [-0.2, 0) is 6.54 Å². The zero-order valence-electron chi connectivity index (χ0n) is 12.0. The van der Waals surface area contributed by atoms with Crippen molar-refractivity contribution in [1.82, 2.24) is 9.88 Å². The first-order valence-electron chi connectivity index (χ1n) is 6.82. The van der Waals surface area contributed by atoms with E-state index in [0.717, 1.165) is 18.8 Å². The standard InChI is InChI=1S/C15H19BN2O3/c1-18(12-14-4-2-3-9-17-14)10-11-21-15-7-5-13(6-8-15)16(19)20/h2-9,19-20H,10-12H2,1H3. The van der Waals surface area contributed by atoms with E-state index in [9.17, 15) is 0 Å². The molecule has 0 bridgehead atoms. The summed E-state index contributed by atoms with van der Waals surface area (Å²) in [5.74, 6) is 0.714. The summed E-state index contributed by atoms with van der Waals surface area (Å²) >= 11 is 0. The minimum atomic E-state index is -1.44. The summed E-state index contributed by atoms with van der Waals surface area (Å²) < 4.78 is 5.62. The van der Waals surface area contributed by atoms with Gasteiger partial charge in [0.1, 0.15) is 12.4 Å². The zero-order valence-corrected chi connectivity index (χ0v) is 12.0. The lowest BCUT2D eigenvalue weighted by atomic mass is 9.80. The van der Waals surface area contributed by atoms with Crippen LogP contribution >= 0.6 is 0 Å². The van der Waals surface area contributed by atoms with Gasteiger partial charge in [-0.2, -0.15) is 0 Å². The van der Waals surface area contributed by atoms with Crippen molar-refractivity contribution in [3.05, 3.63) is 54.4 Å². The number of likely N-dealkylation sites (N-methyl/N-ethyl adjacent to an activating group) is 1. The molecule has 0 atom stereocenters. The van der Waals surface area contributed by atoms with E-state index in [0.29, 0.717) is 17.8 Å². The summed E-state index contributed by atoms with van der Waals surface area (Å²) in [5.41, 5.74) is 1.48. The summed E-state index contributed by atoms with van der Waals surface area (Å²) in [6.07, 6.45) is 1.79. The highest BCUT2D eigenvalue weighted by atomic mass is 16.5. The monoisotopic (exact) mass is 286 g/mol. The van der Waals surface area contributed by atoms with Crippen LogP contribution in [0.3, 0.4) is 0 Å². The lowest BCUT2D eigenvalue weighted by molar-refractivity contribution is 0.231. The normalized spacial score (nSPS) is 10.7. The van der Waals surface area contributed by atoms with E-state index in [4.69, 9.17) is 14.8 Å². The summed E-state index contributed by atoms with van der Waals surface area (Å²) in [7, 11) is 0.576. The molecule has 1 aromatic heterocycles. The van der Waals surface area contributed by atoms with Crippen molar-refractivity contribution in [2.75, 3.05) is 20.2 Å². The van der Waals surface area contributed by atoms with E-state index in [2.05, 4.69) is 9.88 Å². The van der Waals surface area contributed by atoms with Crippen molar-refractivity contribution < 1.29 is 14.8 Å². The van der Waals surface area contributed by atoms with Gasteiger partial charge < -0.3 is 14.8 Å². The van der Waals surface area contributed by atoms with E-state index >= 15 is 0 Å². The smallest absolute Gasteiger partial charge is 0.488 e. The number of aromatic nitrogens is 1. The van der Waals surface area contributed by atoms with Crippen molar-refractivity contribution in [2.24, 2.45) is 0 Å². The van der Waals surface area contributed by atoms with Gasteiger partial charge in [0.2, 0.25) is 0 Å². The Morgan fingerprint density at radius 1 is 1.14 bits per heavy atom. The van der Waals surface area contributed by atoms with Gasteiger partial charge in [-0.25, -0.2) is 0 Å². The Morgan fingerprint density at radius 2 is 1.90 bits per heavy atom. The first-order chi connectivity index (χ1) is 10.1. The molecule has 5 nitrogen and oxygen atoms in total. The Labute approximate surface area is 125 Å². The third-order valence-corrected chi connectivity index (χ3v) is 3.08. The highest BCUT2D eigenvalue weighted by Gasteiger charge is 2.09. The van der Waals surface area contributed by atoms with E-state index in [1.807, 2.05) is 25.2 Å². The molecule has 0 amide bonds. The zero-order chi connectivity index (χ0) is 15.1. The first kappa shape index (κ1) is 15.5. The van der Waals surface area contributed by atoms with Crippen molar-refractivity contribution in [3.8, 4) is 5.75 Å². The third-order valence-electron chi connectivity index (χ3n) is 3.08. The molecule has 0 unspecified atom stereocenters. The van der Waals surface area contributed by atoms with Gasteiger partial charge in [-0.3, -0.25) is 9.88 Å². The SMILES string of the molecule is CN(CCOc1ccc(B(O)O)cc1)Cc1ccccn1. The molecule has 6 heteroatoms. The average molecular weight is 286 g/mol. The van der Waals surface area contributed by atoms with E-state index in [-0.39, 0.29) is 0 Å². The van der Waals surface area contributed by atoms with Crippen LogP contribution in [0.1, 0.15) is 5.69 Å². The van der Waals surface area contributed by atoms with Gasteiger partial charge in [-0.05, 0) is 36.8 Å². The first-order valence-corrected chi connectivity index (χ1v) is 6.82. The summed E-state index contributed by atoms with van der Waals surface area (Å²) in [5, 5.41) is 18.0. The second-order valence-corrected chi connectivity index (χ2v) is 4.85. The highest BCUT2D eigenvalue weighted by molar-refractivity contribution is 6.58. The molecule has 0 aliphatic heterocycles. The predicted octanol–water partition coefficient (Wildman–Crippen LogP) is 0.272. The molecular formula is C15H19BN2O3. The van der Waals surface area contributed by atoms with Crippen LogP contribution in [0.25, 0.3) is 0 Å². The van der Waals surface area contributed by atoms with Gasteiger partial charge in [-0.1, -0.05) is 18.2 Å². The van der Waals surface area contributed by atoms with Gasteiger partial charge >= 0.3 is 7.12 Å². The molecule has 2 aromatic rings. The van der Waals surface area contributed by atoms with E-state index in [1.54, 1.807) is 30.5 Å². The van der Waals surface area contributed by atoms with Gasteiger partial charge in [0.05, 0.1) is 5.69 Å². The molecule has 2 rings (SSSR count). The average Bonchev–Trinajstić information content (AvgIpc) is 2.49. The molecule has 0 spiro atoms. The fourth-order valence-corrected chi connectivity index (χ4v) is 1.90. The maximum Gasteiger partial charge on any atom is 0.488 e. The number of hydrogen-bond donors (Lipinski definition) is 2. The number of nitrogens with zero attached hydrogens (tertiary/aromatic N) is 2. The van der Waals surface area contributed by atoms with Crippen LogP contribution in [0, 0.1) is 0 Å². The van der Waals surface area contributed by atoms with Crippen LogP contribution in [0.4, 0.5) is 0 Å². The predicted molar refractivity (Wildman–Crippen MR) is 82.3 cm³/mol. The summed E-state index contributed by atoms with van der Waals surface area (Å²) in [6, 6.07) is 12.6. The number of pyridine rings is 1. The van der Waals surface area contributed by atoms with Crippen LogP contribution in [0.15, 0.2) is 48.7 Å². The molecule has 0 aliphatic rings. The van der Waals surface area contributed by atoms with Crippen molar-refractivity contribution >= 4 is 12.6 Å². The molecule has 0 fully saturated rings. The van der Waals surface area contributed by atoms with E-state index in [1.165, 1.54) is 0 Å². The Balaban J connectivity index is 1.73. The van der Waals surface area contributed by atoms with Gasteiger partial charge in [0.15, 0.2) is 0 Å². The van der Waals surface area contributed by atoms with Crippen LogP contribution in [0.5, 0.6) is 5.75 Å². The summed E-state index contributed by atoms with van der Waals surface area (Å²) in [4.78, 5) is 6.41. The molecule has 2 N–H and O–H groups in total. The number of benzene rings is 1. The molecule has 1 heterocycles. The van der Waals surface area contributed by atoms with Gasteiger partial charge in [0, 0.05) is 19.3 Å². The Hall–Kier alpha value is -1.89. The highest BCUT2D eigenvalue weighted by Crippen LogP contribution is 2.07. The minimum Gasteiger partial charge on any atom is -0.492 e. The molecule has 0 aliphatic carbocycles. The van der Waals surface area contributed by atoms with Crippen LogP contribution < -0.4 is 10.2 Å². The minimum absolute atomic E-state index is 0.453. The maximum absolute atomic E-state index is 9.01. The molecule has 0 saturated heterocycles. The third kappa shape index (κ3) is 5.19. The lowest BCUT2D eigenvalue weighted by Crippen LogP contribution is -2.29. The molecule has 0 radical (unpaired) electrons. The molecule has 21 heavy (non-hydrogen) atoms. The Morgan fingerprint density at radius 3 is 2.52 bits per heavy atom. The molecular weight excluding hydrogens is 267 g/mol. The second kappa shape index (κ2) is 7.78. The molecule has 110 valence electrons. The van der Waals surface area contributed by atoms with Crippen molar-refractivity contribution in [1.29, 1.82) is 0 Å². The quantitative estimate of drug-likeness (QED) is 0.715. The van der Waals surface area contributed by atoms with Crippen LogP contribution in [-0.4, -0.2) is 47.2 Å². The maximum atomic E-state index is 9.01. The van der Waals surface area contributed by atoms with Crippen molar-refractivity contribution in [3.63, 3.8) is 0 Å². The lowest BCUT2D eigenvalue weighted by Gasteiger charge is -2.16. The number of rotatable bonds is 7. The largest absolute Gasteiger partial charge is 0.492 e. The van der Waals surface area contributed by atoms with Gasteiger partial charge in [-0.15, -0.1) is 0 Å². The fourth-order valence-electron chi connectivity index (χ4n) is 1.90. The molecule has 0 saturated carbocycles. The Kier molecular flexibility index (Phi) is 5.74.